The van der Waals surface area contributed by atoms with Crippen molar-refractivity contribution in [1.29, 1.82) is 0 Å². The van der Waals surface area contributed by atoms with Crippen LogP contribution in [0, 0.1) is 17.8 Å². The number of nitrogens with zero attached hydrogens (tertiary/aromatic N) is 1. The molecule has 0 atom stereocenters. The van der Waals surface area contributed by atoms with Crippen molar-refractivity contribution in [3.63, 3.8) is 0 Å². The summed E-state index contributed by atoms with van der Waals surface area (Å²) in [7, 11) is 0. The number of urea groups is 1. The molecule has 1 rings (SSSR count). The van der Waals surface area contributed by atoms with E-state index in [1.165, 1.54) is 0 Å². The van der Waals surface area contributed by atoms with E-state index in [4.69, 9.17) is 5.11 Å². The third-order valence-electron chi connectivity index (χ3n) is 2.83. The zero-order valence-electron chi connectivity index (χ0n) is 10.0. The molecule has 1 saturated heterocycles. The highest BCUT2D eigenvalue weighted by Crippen LogP contribution is 2.16. The molecule has 0 aromatic rings. The van der Waals surface area contributed by atoms with Crippen molar-refractivity contribution in [2.75, 3.05) is 19.6 Å². The minimum atomic E-state index is -0.761. The number of piperidine rings is 1. The number of hydrogen-bond acceptors (Lipinski definition) is 2. The third kappa shape index (κ3) is 4.35. The lowest BCUT2D eigenvalue weighted by molar-refractivity contribution is -0.143. The number of carboxylic acid groups (broad SMARTS) is 1. The van der Waals surface area contributed by atoms with Gasteiger partial charge in [0.2, 0.25) is 0 Å². The average molecular weight is 238 g/mol. The van der Waals surface area contributed by atoms with E-state index in [9.17, 15) is 9.59 Å². The highest BCUT2D eigenvalue weighted by atomic mass is 16.4. The maximum absolute atomic E-state index is 11.7. The number of aliphatic carboxylic acids is 1. The zero-order chi connectivity index (χ0) is 12.7. The monoisotopic (exact) mass is 238 g/mol. The lowest BCUT2D eigenvalue weighted by Gasteiger charge is -2.30. The molecule has 2 N–H and O–H groups in total. The van der Waals surface area contributed by atoms with E-state index in [0.717, 1.165) is 0 Å². The van der Waals surface area contributed by atoms with Gasteiger partial charge in [-0.2, -0.15) is 0 Å². The van der Waals surface area contributed by atoms with Gasteiger partial charge in [0.1, 0.15) is 0 Å². The Morgan fingerprint density at radius 3 is 2.59 bits per heavy atom. The molecule has 0 radical (unpaired) electrons. The fraction of sp³-hybridized carbons (Fsp3) is 0.667. The van der Waals surface area contributed by atoms with E-state index in [0.29, 0.717) is 38.9 Å². The molecule has 0 saturated carbocycles. The van der Waals surface area contributed by atoms with Crippen LogP contribution in [0.2, 0.25) is 0 Å². The molecule has 0 spiro atoms. The SMILES string of the molecule is CC#CCCNC(=O)N1CCC(C(=O)O)CC1. The Hall–Kier alpha value is -1.70. The molecule has 0 aromatic carbocycles. The van der Waals surface area contributed by atoms with Gasteiger partial charge in [0.05, 0.1) is 5.92 Å². The topological polar surface area (TPSA) is 69.6 Å². The summed E-state index contributed by atoms with van der Waals surface area (Å²) in [5.74, 6) is 4.56. The Kier molecular flexibility index (Phi) is 5.34. The minimum absolute atomic E-state index is 0.119. The van der Waals surface area contributed by atoms with Gasteiger partial charge in [-0.05, 0) is 19.8 Å². The molecule has 1 aliphatic heterocycles. The van der Waals surface area contributed by atoms with Gasteiger partial charge >= 0.3 is 12.0 Å². The normalized spacial score (nSPS) is 15.9. The van der Waals surface area contributed by atoms with E-state index >= 15 is 0 Å². The first-order chi connectivity index (χ1) is 8.15. The van der Waals surface area contributed by atoms with Crippen molar-refractivity contribution >= 4 is 12.0 Å². The summed E-state index contributed by atoms with van der Waals surface area (Å²) in [5, 5.41) is 11.6. The Balaban J connectivity index is 2.25. The molecule has 94 valence electrons. The quantitative estimate of drug-likeness (QED) is 0.567. The standard InChI is InChI=1S/C12H18N2O3/c1-2-3-4-7-13-12(17)14-8-5-10(6-9-14)11(15)16/h10H,4-9H2,1H3,(H,13,17)(H,15,16). The second kappa shape index (κ2) is 6.79. The molecule has 0 unspecified atom stereocenters. The van der Waals surface area contributed by atoms with E-state index in [1.807, 2.05) is 0 Å². The first-order valence-corrected chi connectivity index (χ1v) is 5.80. The maximum Gasteiger partial charge on any atom is 0.317 e. The van der Waals surface area contributed by atoms with Crippen LogP contribution in [0.1, 0.15) is 26.2 Å². The zero-order valence-corrected chi connectivity index (χ0v) is 10.0. The Morgan fingerprint density at radius 2 is 2.06 bits per heavy atom. The highest BCUT2D eigenvalue weighted by molar-refractivity contribution is 5.75. The van der Waals surface area contributed by atoms with Gasteiger partial charge in [-0.1, -0.05) is 0 Å². The predicted octanol–water partition coefficient (Wildman–Crippen LogP) is 0.906. The molecule has 0 aliphatic carbocycles. The molecule has 5 nitrogen and oxygen atoms in total. The number of amides is 2. The second-order valence-corrected chi connectivity index (χ2v) is 4.01. The number of hydrogen-bond donors (Lipinski definition) is 2. The summed E-state index contributed by atoms with van der Waals surface area (Å²) in [4.78, 5) is 24.1. The van der Waals surface area contributed by atoms with Crippen LogP contribution in [0.5, 0.6) is 0 Å². The molecule has 0 aromatic heterocycles. The van der Waals surface area contributed by atoms with Crippen LogP contribution in [0.15, 0.2) is 0 Å². The summed E-state index contributed by atoms with van der Waals surface area (Å²) in [5.41, 5.74) is 0. The Bertz CT molecular complexity index is 335. The van der Waals surface area contributed by atoms with Crippen molar-refractivity contribution < 1.29 is 14.7 Å². The number of likely N-dealkylation sites (tertiary alicyclic amines) is 1. The van der Waals surface area contributed by atoms with Crippen molar-refractivity contribution in [2.24, 2.45) is 5.92 Å². The third-order valence-corrected chi connectivity index (χ3v) is 2.83. The van der Waals surface area contributed by atoms with Crippen LogP contribution in [-0.2, 0) is 4.79 Å². The summed E-state index contributed by atoms with van der Waals surface area (Å²) in [6, 6.07) is -0.119. The second-order valence-electron chi connectivity index (χ2n) is 4.01. The van der Waals surface area contributed by atoms with Crippen LogP contribution < -0.4 is 5.32 Å². The Labute approximate surface area is 101 Å². The number of nitrogens with one attached hydrogen (secondary N) is 1. The van der Waals surface area contributed by atoms with Crippen LogP contribution in [0.4, 0.5) is 4.79 Å². The maximum atomic E-state index is 11.7. The highest BCUT2D eigenvalue weighted by Gasteiger charge is 2.26. The first kappa shape index (κ1) is 13.4. The van der Waals surface area contributed by atoms with Gasteiger partial charge in [-0.15, -0.1) is 11.8 Å². The molecule has 1 aliphatic rings. The first-order valence-electron chi connectivity index (χ1n) is 5.80. The average Bonchev–Trinajstić information content (AvgIpc) is 2.34. The molecular formula is C12H18N2O3. The number of carbonyl (C=O) groups excluding carboxylic acids is 1. The molecule has 2 amide bonds. The van der Waals surface area contributed by atoms with Crippen LogP contribution in [0.3, 0.4) is 0 Å². The molecule has 0 bridgehead atoms. The van der Waals surface area contributed by atoms with Gasteiger partial charge in [-0.25, -0.2) is 4.79 Å². The van der Waals surface area contributed by atoms with Gasteiger partial charge < -0.3 is 15.3 Å². The van der Waals surface area contributed by atoms with Gasteiger partial charge in [-0.3, -0.25) is 4.79 Å². The van der Waals surface area contributed by atoms with Crippen LogP contribution >= 0.6 is 0 Å². The summed E-state index contributed by atoms with van der Waals surface area (Å²) in [6.45, 7) is 3.33. The number of carbonyl (C=O) groups is 2. The lowest BCUT2D eigenvalue weighted by atomic mass is 9.97. The fourth-order valence-corrected chi connectivity index (χ4v) is 1.80. The lowest BCUT2D eigenvalue weighted by Crippen LogP contribution is -2.45. The summed E-state index contributed by atoms with van der Waals surface area (Å²) >= 11 is 0. The number of carboxylic acids is 1. The van der Waals surface area contributed by atoms with Crippen molar-refractivity contribution in [3.05, 3.63) is 0 Å². The van der Waals surface area contributed by atoms with E-state index in [1.54, 1.807) is 11.8 Å². The van der Waals surface area contributed by atoms with Gasteiger partial charge in [0.15, 0.2) is 0 Å². The van der Waals surface area contributed by atoms with E-state index in [-0.39, 0.29) is 11.9 Å². The van der Waals surface area contributed by atoms with Crippen molar-refractivity contribution in [2.45, 2.75) is 26.2 Å². The Morgan fingerprint density at radius 1 is 1.41 bits per heavy atom. The largest absolute Gasteiger partial charge is 0.481 e. The summed E-state index contributed by atoms with van der Waals surface area (Å²) in [6.07, 6.45) is 1.73. The van der Waals surface area contributed by atoms with Gasteiger partial charge in [0.25, 0.3) is 0 Å². The smallest absolute Gasteiger partial charge is 0.317 e. The molecule has 1 fully saturated rings. The number of rotatable bonds is 3. The predicted molar refractivity (Wildman–Crippen MR) is 63.4 cm³/mol. The molecule has 5 heteroatoms. The van der Waals surface area contributed by atoms with E-state index in [2.05, 4.69) is 17.2 Å². The van der Waals surface area contributed by atoms with Crippen LogP contribution in [0.25, 0.3) is 0 Å². The van der Waals surface area contributed by atoms with Gasteiger partial charge in [0, 0.05) is 26.1 Å². The van der Waals surface area contributed by atoms with Crippen molar-refractivity contribution in [3.8, 4) is 11.8 Å². The summed E-state index contributed by atoms with van der Waals surface area (Å²) < 4.78 is 0. The fourth-order valence-electron chi connectivity index (χ4n) is 1.80. The van der Waals surface area contributed by atoms with Crippen molar-refractivity contribution in [1.82, 2.24) is 10.2 Å². The minimum Gasteiger partial charge on any atom is -0.481 e. The molecule has 1 heterocycles. The van der Waals surface area contributed by atoms with Crippen LogP contribution in [-0.4, -0.2) is 41.6 Å². The molecule has 17 heavy (non-hydrogen) atoms. The van der Waals surface area contributed by atoms with E-state index < -0.39 is 5.97 Å². The molecular weight excluding hydrogens is 220 g/mol.